The number of fused-ring (bicyclic) bond motifs is 1. The Bertz CT molecular complexity index is 1800. The molecular weight excluding hydrogens is 550 g/mol. The van der Waals surface area contributed by atoms with Gasteiger partial charge in [0.25, 0.3) is 11.4 Å². The van der Waals surface area contributed by atoms with Crippen molar-refractivity contribution in [2.45, 2.75) is 38.1 Å². The van der Waals surface area contributed by atoms with Crippen LogP contribution in [-0.4, -0.2) is 44.6 Å². The molecule has 4 aromatic rings. The SMILES string of the molecule is [C-]#[N+]c1ccc2c(n1)c(N1C[C@@H](C)N(C(c3ccc(F)cc3)c3cccc(C(F)(F)F)n3)C[C@@H]1C)c(C#N)c(=O)n2C. The van der Waals surface area contributed by atoms with E-state index >= 15 is 0 Å². The molecule has 0 bridgehead atoms. The average Bonchev–Trinajstić information content (AvgIpc) is 2.97. The molecule has 1 aliphatic heterocycles. The summed E-state index contributed by atoms with van der Waals surface area (Å²) in [5.74, 6) is -0.369. The fourth-order valence-corrected chi connectivity index (χ4v) is 5.59. The number of piperazine rings is 1. The quantitative estimate of drug-likeness (QED) is 0.233. The van der Waals surface area contributed by atoms with E-state index in [1.54, 1.807) is 6.07 Å². The number of nitrogens with zero attached hydrogens (tertiary/aromatic N) is 7. The largest absolute Gasteiger partial charge is 0.433 e. The lowest BCUT2D eigenvalue weighted by atomic mass is 9.95. The second-order valence-corrected chi connectivity index (χ2v) is 10.3. The zero-order chi connectivity index (χ0) is 30.3. The molecule has 0 saturated carbocycles. The molecule has 12 heteroatoms. The molecule has 0 spiro atoms. The highest BCUT2D eigenvalue weighted by Gasteiger charge is 2.39. The highest BCUT2D eigenvalue weighted by atomic mass is 19.4. The van der Waals surface area contributed by atoms with Crippen LogP contribution in [0.15, 0.2) is 59.4 Å². The topological polar surface area (TPSA) is 82.4 Å². The molecule has 1 unspecified atom stereocenters. The minimum atomic E-state index is -4.65. The van der Waals surface area contributed by atoms with Crippen LogP contribution in [0.1, 0.15) is 42.4 Å². The minimum absolute atomic E-state index is 0.109. The van der Waals surface area contributed by atoms with Crippen LogP contribution in [0.3, 0.4) is 0 Å². The summed E-state index contributed by atoms with van der Waals surface area (Å²) in [5, 5.41) is 10.0. The van der Waals surface area contributed by atoms with E-state index < -0.39 is 29.3 Å². The van der Waals surface area contributed by atoms with Gasteiger partial charge in [0.1, 0.15) is 28.8 Å². The maximum Gasteiger partial charge on any atom is 0.433 e. The Hall–Kier alpha value is -4.81. The van der Waals surface area contributed by atoms with E-state index in [1.807, 2.05) is 29.7 Å². The van der Waals surface area contributed by atoms with Crippen molar-refractivity contribution in [1.82, 2.24) is 19.4 Å². The summed E-state index contributed by atoms with van der Waals surface area (Å²) in [5.41, 5.74) is 0.193. The van der Waals surface area contributed by atoms with E-state index in [1.165, 1.54) is 54.1 Å². The van der Waals surface area contributed by atoms with Crippen LogP contribution in [0.2, 0.25) is 0 Å². The first kappa shape index (κ1) is 28.7. The predicted molar refractivity (Wildman–Crippen MR) is 148 cm³/mol. The smallest absolute Gasteiger partial charge is 0.361 e. The van der Waals surface area contributed by atoms with Crippen LogP contribution in [0.5, 0.6) is 0 Å². The summed E-state index contributed by atoms with van der Waals surface area (Å²) in [4.78, 5) is 28.9. The summed E-state index contributed by atoms with van der Waals surface area (Å²) < 4.78 is 56.0. The van der Waals surface area contributed by atoms with Gasteiger partial charge in [0.05, 0.1) is 17.3 Å². The summed E-state index contributed by atoms with van der Waals surface area (Å²) in [6, 6.07) is 13.0. The van der Waals surface area contributed by atoms with Crippen molar-refractivity contribution < 1.29 is 17.6 Å². The normalized spacial score (nSPS) is 18.5. The van der Waals surface area contributed by atoms with Gasteiger partial charge in [-0.2, -0.15) is 18.4 Å². The molecule has 1 aliphatic rings. The molecule has 5 rings (SSSR count). The summed E-state index contributed by atoms with van der Waals surface area (Å²) in [6.07, 6.45) is -4.65. The highest BCUT2D eigenvalue weighted by Crippen LogP contribution is 2.38. The van der Waals surface area contributed by atoms with Crippen LogP contribution in [0.4, 0.5) is 29.1 Å². The molecule has 0 amide bonds. The van der Waals surface area contributed by atoms with Gasteiger partial charge in [-0.1, -0.05) is 24.8 Å². The van der Waals surface area contributed by atoms with Gasteiger partial charge in [0.2, 0.25) is 5.52 Å². The molecule has 0 N–H and O–H groups in total. The van der Waals surface area contributed by atoms with Crippen LogP contribution in [0, 0.1) is 23.7 Å². The minimum Gasteiger partial charge on any atom is -0.361 e. The van der Waals surface area contributed by atoms with Crippen molar-refractivity contribution in [2.24, 2.45) is 7.05 Å². The summed E-state index contributed by atoms with van der Waals surface area (Å²) in [7, 11) is 1.54. The van der Waals surface area contributed by atoms with Gasteiger partial charge in [0, 0.05) is 32.2 Å². The first-order valence-corrected chi connectivity index (χ1v) is 13.1. The van der Waals surface area contributed by atoms with Gasteiger partial charge in [-0.05, 0) is 55.8 Å². The number of nitriles is 1. The maximum absolute atomic E-state index is 13.8. The lowest BCUT2D eigenvalue weighted by molar-refractivity contribution is -0.141. The Labute approximate surface area is 238 Å². The molecule has 3 aromatic heterocycles. The Morgan fingerprint density at radius 1 is 1.05 bits per heavy atom. The fraction of sp³-hybridized carbons (Fsp3) is 0.300. The van der Waals surface area contributed by atoms with E-state index in [0.717, 1.165) is 6.07 Å². The fourth-order valence-electron chi connectivity index (χ4n) is 5.59. The zero-order valence-corrected chi connectivity index (χ0v) is 22.9. The van der Waals surface area contributed by atoms with Crippen LogP contribution < -0.4 is 10.5 Å². The van der Waals surface area contributed by atoms with Crippen LogP contribution >= 0.6 is 0 Å². The molecule has 8 nitrogen and oxygen atoms in total. The number of aromatic nitrogens is 3. The number of anilines is 1. The molecular formula is C30H25F4N7O. The third-order valence-electron chi connectivity index (χ3n) is 7.61. The monoisotopic (exact) mass is 575 g/mol. The second-order valence-electron chi connectivity index (χ2n) is 10.3. The Balaban J connectivity index is 1.62. The van der Waals surface area contributed by atoms with E-state index in [9.17, 15) is 27.6 Å². The van der Waals surface area contributed by atoms with Gasteiger partial charge in [-0.25, -0.2) is 9.37 Å². The van der Waals surface area contributed by atoms with Crippen molar-refractivity contribution in [3.63, 3.8) is 0 Å². The Morgan fingerprint density at radius 2 is 1.76 bits per heavy atom. The summed E-state index contributed by atoms with van der Waals surface area (Å²) >= 11 is 0. The number of aryl methyl sites for hydroxylation is 1. The van der Waals surface area contributed by atoms with Crippen molar-refractivity contribution in [3.05, 3.63) is 105 Å². The number of hydrogen-bond donors (Lipinski definition) is 0. The molecule has 3 atom stereocenters. The van der Waals surface area contributed by atoms with Crippen LogP contribution in [-0.2, 0) is 13.2 Å². The third-order valence-corrected chi connectivity index (χ3v) is 7.61. The van der Waals surface area contributed by atoms with Gasteiger partial charge in [-0.3, -0.25) is 9.69 Å². The van der Waals surface area contributed by atoms with Gasteiger partial charge in [-0.15, -0.1) is 4.98 Å². The lowest BCUT2D eigenvalue weighted by Gasteiger charge is -2.48. The highest BCUT2D eigenvalue weighted by molar-refractivity contribution is 5.93. The zero-order valence-electron chi connectivity index (χ0n) is 22.9. The number of pyridine rings is 3. The number of rotatable bonds is 4. The van der Waals surface area contributed by atoms with Crippen molar-refractivity contribution in [2.75, 3.05) is 18.0 Å². The average molecular weight is 576 g/mol. The van der Waals surface area contributed by atoms with E-state index in [-0.39, 0.29) is 35.7 Å². The van der Waals surface area contributed by atoms with Crippen molar-refractivity contribution >= 4 is 22.5 Å². The van der Waals surface area contributed by atoms with Crippen LogP contribution in [0.25, 0.3) is 15.9 Å². The molecule has 1 saturated heterocycles. The van der Waals surface area contributed by atoms with Gasteiger partial charge in [0.15, 0.2) is 0 Å². The maximum atomic E-state index is 13.8. The second kappa shape index (κ2) is 10.9. The molecule has 214 valence electrons. The molecule has 4 heterocycles. The molecule has 42 heavy (non-hydrogen) atoms. The Morgan fingerprint density at radius 3 is 2.40 bits per heavy atom. The standard InChI is InChI=1S/C30H25F4N7O/c1-17-16-41(28-21(14-35)29(42)39(4)23-12-13-25(36-3)38-26(23)28)18(2)15-40(17)27(19-8-10-20(31)11-9-19)22-6-5-7-24(37-22)30(32,33)34/h5-13,17-18,27H,15-16H2,1-2,4H3/t17-,18+,27?/m1/s1. The number of benzene rings is 1. The number of alkyl halides is 3. The van der Waals surface area contributed by atoms with Crippen molar-refractivity contribution in [3.8, 4) is 6.07 Å². The predicted octanol–water partition coefficient (Wildman–Crippen LogP) is 5.60. The number of hydrogen-bond acceptors (Lipinski definition) is 6. The molecule has 0 aliphatic carbocycles. The van der Waals surface area contributed by atoms with Crippen molar-refractivity contribution in [1.29, 1.82) is 5.26 Å². The Kier molecular flexibility index (Phi) is 7.43. The summed E-state index contributed by atoms with van der Waals surface area (Å²) in [6.45, 7) is 11.7. The van der Waals surface area contributed by atoms with Gasteiger partial charge < -0.3 is 14.3 Å². The van der Waals surface area contributed by atoms with Gasteiger partial charge >= 0.3 is 6.18 Å². The van der Waals surface area contributed by atoms with E-state index in [0.29, 0.717) is 28.8 Å². The molecule has 1 fully saturated rings. The first-order valence-electron chi connectivity index (χ1n) is 13.1. The number of halogens is 4. The molecule has 1 aromatic carbocycles. The first-order chi connectivity index (χ1) is 19.9. The lowest BCUT2D eigenvalue weighted by Crippen LogP contribution is -2.58. The molecule has 0 radical (unpaired) electrons. The van der Waals surface area contributed by atoms with E-state index in [2.05, 4.69) is 14.8 Å². The van der Waals surface area contributed by atoms with E-state index in [4.69, 9.17) is 6.57 Å². The third kappa shape index (κ3) is 5.06.